The number of hydrogen-bond donors (Lipinski definition) is 1. The number of nitrogens with zero attached hydrogens (tertiary/aromatic N) is 4. The number of carbonyl (C=O) groups excluding carboxylic acids is 1. The van der Waals surface area contributed by atoms with Crippen LogP contribution in [0.2, 0.25) is 5.02 Å². The van der Waals surface area contributed by atoms with E-state index in [0.29, 0.717) is 31.1 Å². The zero-order chi connectivity index (χ0) is 19.9. The molecule has 0 saturated carbocycles. The Kier molecular flexibility index (Phi) is 9.16. The van der Waals surface area contributed by atoms with Crippen LogP contribution in [0.1, 0.15) is 16.8 Å². The van der Waals surface area contributed by atoms with Crippen LogP contribution in [0.4, 0.5) is 0 Å². The largest absolute Gasteiger partial charge is 0.351 e. The topological polar surface area (TPSA) is 60.8 Å². The third-order valence-corrected chi connectivity index (χ3v) is 5.15. The number of rotatable bonds is 4. The van der Waals surface area contributed by atoms with E-state index in [4.69, 9.17) is 11.6 Å². The van der Waals surface area contributed by atoms with Gasteiger partial charge in [-0.25, -0.2) is 0 Å². The molecule has 2 heterocycles. The Hall–Kier alpha value is -1.87. The number of aliphatic imine (C=N–C) groups is 1. The molecule has 1 fully saturated rings. The SMILES string of the molecule is CN=C(NCc1ncccc1C)N1CCN(C(=O)Cc2cccc(Cl)c2)CC1.I. The second-order valence-electron chi connectivity index (χ2n) is 6.84. The number of nitrogens with one attached hydrogen (secondary N) is 1. The summed E-state index contributed by atoms with van der Waals surface area (Å²) in [6, 6.07) is 11.5. The van der Waals surface area contributed by atoms with E-state index in [1.807, 2.05) is 35.2 Å². The highest BCUT2D eigenvalue weighted by Gasteiger charge is 2.23. The Balaban J connectivity index is 0.00000300. The van der Waals surface area contributed by atoms with Crippen LogP contribution in [0.15, 0.2) is 47.6 Å². The molecule has 6 nitrogen and oxygen atoms in total. The van der Waals surface area contributed by atoms with Gasteiger partial charge in [-0.3, -0.25) is 14.8 Å². The van der Waals surface area contributed by atoms with Crippen LogP contribution in [-0.2, 0) is 17.8 Å². The summed E-state index contributed by atoms with van der Waals surface area (Å²) in [5, 5.41) is 4.04. The quantitative estimate of drug-likeness (QED) is 0.377. The van der Waals surface area contributed by atoms with Crippen molar-refractivity contribution < 1.29 is 4.79 Å². The normalized spacial score (nSPS) is 14.4. The van der Waals surface area contributed by atoms with Crippen LogP contribution < -0.4 is 5.32 Å². The molecule has 1 N–H and O–H groups in total. The fraction of sp³-hybridized carbons (Fsp3) is 0.381. The van der Waals surface area contributed by atoms with Gasteiger partial charge in [-0.15, -0.1) is 24.0 Å². The van der Waals surface area contributed by atoms with Gasteiger partial charge < -0.3 is 15.1 Å². The molecule has 156 valence electrons. The minimum Gasteiger partial charge on any atom is -0.351 e. The van der Waals surface area contributed by atoms with Crippen LogP contribution in [-0.4, -0.2) is 59.9 Å². The number of aromatic nitrogens is 1. The molecule has 0 aliphatic carbocycles. The first kappa shape index (κ1) is 23.4. The molecule has 0 bridgehead atoms. The van der Waals surface area contributed by atoms with Gasteiger partial charge in [0, 0.05) is 44.4 Å². The number of pyridine rings is 1. The van der Waals surface area contributed by atoms with Gasteiger partial charge in [-0.1, -0.05) is 29.8 Å². The molecule has 8 heteroatoms. The number of carbonyl (C=O) groups is 1. The fourth-order valence-electron chi connectivity index (χ4n) is 3.30. The lowest BCUT2D eigenvalue weighted by molar-refractivity contribution is -0.131. The first-order chi connectivity index (χ1) is 13.6. The highest BCUT2D eigenvalue weighted by molar-refractivity contribution is 14.0. The summed E-state index contributed by atoms with van der Waals surface area (Å²) in [6.07, 6.45) is 2.18. The first-order valence-electron chi connectivity index (χ1n) is 9.45. The maximum Gasteiger partial charge on any atom is 0.227 e. The van der Waals surface area contributed by atoms with Crippen LogP contribution in [0.25, 0.3) is 0 Å². The molecule has 1 aliphatic rings. The van der Waals surface area contributed by atoms with Gasteiger partial charge in [0.15, 0.2) is 5.96 Å². The molecule has 0 atom stereocenters. The molecule has 1 aromatic carbocycles. The summed E-state index contributed by atoms with van der Waals surface area (Å²) in [5.41, 5.74) is 3.11. The number of hydrogen-bond acceptors (Lipinski definition) is 3. The Morgan fingerprint density at radius 3 is 2.55 bits per heavy atom. The molecule has 29 heavy (non-hydrogen) atoms. The van der Waals surface area contributed by atoms with Gasteiger partial charge >= 0.3 is 0 Å². The maximum atomic E-state index is 12.6. The Bertz CT molecular complexity index is 852. The van der Waals surface area contributed by atoms with Crippen molar-refractivity contribution in [2.24, 2.45) is 4.99 Å². The molecule has 0 spiro atoms. The lowest BCUT2D eigenvalue weighted by Crippen LogP contribution is -2.53. The van der Waals surface area contributed by atoms with E-state index in [1.54, 1.807) is 13.2 Å². The molecule has 0 unspecified atom stereocenters. The molecule has 3 rings (SSSR count). The van der Waals surface area contributed by atoms with Gasteiger partial charge in [0.2, 0.25) is 5.91 Å². The third-order valence-electron chi connectivity index (χ3n) is 4.92. The standard InChI is InChI=1S/C21H26ClN5O.HI/c1-16-5-4-8-24-19(16)15-25-21(23-2)27-11-9-26(10-12-27)20(28)14-17-6-3-7-18(22)13-17;/h3-8,13H,9-12,14-15H2,1-2H3,(H,23,25);1H. The molecule has 0 radical (unpaired) electrons. The average Bonchev–Trinajstić information content (AvgIpc) is 2.70. The van der Waals surface area contributed by atoms with E-state index in [-0.39, 0.29) is 29.9 Å². The van der Waals surface area contributed by atoms with Gasteiger partial charge in [0.05, 0.1) is 18.7 Å². The van der Waals surface area contributed by atoms with Crippen molar-refractivity contribution in [2.45, 2.75) is 19.9 Å². The molecule has 1 amide bonds. The lowest BCUT2D eigenvalue weighted by Gasteiger charge is -2.36. The van der Waals surface area contributed by atoms with E-state index in [1.165, 1.54) is 0 Å². The number of halogens is 2. The summed E-state index contributed by atoms with van der Waals surface area (Å²) >= 11 is 6.01. The van der Waals surface area contributed by atoms with E-state index < -0.39 is 0 Å². The minimum absolute atomic E-state index is 0. The Labute approximate surface area is 194 Å². The van der Waals surface area contributed by atoms with Crippen molar-refractivity contribution >= 4 is 47.4 Å². The number of amides is 1. The number of piperazine rings is 1. The zero-order valence-electron chi connectivity index (χ0n) is 16.8. The highest BCUT2D eigenvalue weighted by Crippen LogP contribution is 2.13. The molecule has 2 aromatic rings. The summed E-state index contributed by atoms with van der Waals surface area (Å²) in [4.78, 5) is 25.5. The number of aryl methyl sites for hydroxylation is 1. The van der Waals surface area contributed by atoms with Crippen molar-refractivity contribution in [1.82, 2.24) is 20.1 Å². The summed E-state index contributed by atoms with van der Waals surface area (Å²) < 4.78 is 0. The van der Waals surface area contributed by atoms with Crippen molar-refractivity contribution in [3.05, 3.63) is 64.4 Å². The predicted molar refractivity (Wildman–Crippen MR) is 128 cm³/mol. The van der Waals surface area contributed by atoms with Crippen LogP contribution >= 0.6 is 35.6 Å². The van der Waals surface area contributed by atoms with Crippen molar-refractivity contribution in [3.8, 4) is 0 Å². The van der Waals surface area contributed by atoms with Gasteiger partial charge in [-0.2, -0.15) is 0 Å². The van der Waals surface area contributed by atoms with E-state index in [0.717, 1.165) is 35.9 Å². The molecule has 1 aliphatic heterocycles. The fourth-order valence-corrected chi connectivity index (χ4v) is 3.51. The third kappa shape index (κ3) is 6.57. The zero-order valence-corrected chi connectivity index (χ0v) is 19.9. The van der Waals surface area contributed by atoms with Crippen LogP contribution in [0.3, 0.4) is 0 Å². The smallest absolute Gasteiger partial charge is 0.227 e. The molecule has 1 aromatic heterocycles. The van der Waals surface area contributed by atoms with Crippen molar-refractivity contribution in [2.75, 3.05) is 33.2 Å². The number of guanidine groups is 1. The Morgan fingerprint density at radius 2 is 1.90 bits per heavy atom. The number of benzene rings is 1. The maximum absolute atomic E-state index is 12.6. The second-order valence-corrected chi connectivity index (χ2v) is 7.28. The Morgan fingerprint density at radius 1 is 1.17 bits per heavy atom. The second kappa shape index (κ2) is 11.3. The van der Waals surface area contributed by atoms with E-state index >= 15 is 0 Å². The molecular formula is C21H27ClIN5O. The predicted octanol–water partition coefficient (Wildman–Crippen LogP) is 3.12. The summed E-state index contributed by atoms with van der Waals surface area (Å²) in [5.74, 6) is 0.973. The van der Waals surface area contributed by atoms with Crippen LogP contribution in [0.5, 0.6) is 0 Å². The molecular weight excluding hydrogens is 501 g/mol. The van der Waals surface area contributed by atoms with Gasteiger partial charge in [0.25, 0.3) is 0 Å². The minimum atomic E-state index is 0. The van der Waals surface area contributed by atoms with E-state index in [2.05, 4.69) is 33.2 Å². The van der Waals surface area contributed by atoms with Gasteiger partial charge in [0.1, 0.15) is 0 Å². The summed E-state index contributed by atoms with van der Waals surface area (Å²) in [6.45, 7) is 5.56. The van der Waals surface area contributed by atoms with Crippen molar-refractivity contribution in [1.29, 1.82) is 0 Å². The first-order valence-corrected chi connectivity index (χ1v) is 9.83. The van der Waals surface area contributed by atoms with Gasteiger partial charge in [-0.05, 0) is 36.2 Å². The van der Waals surface area contributed by atoms with E-state index in [9.17, 15) is 4.79 Å². The lowest BCUT2D eigenvalue weighted by atomic mass is 10.1. The van der Waals surface area contributed by atoms with Crippen molar-refractivity contribution in [3.63, 3.8) is 0 Å². The van der Waals surface area contributed by atoms with Crippen LogP contribution in [0, 0.1) is 6.92 Å². The monoisotopic (exact) mass is 527 g/mol. The molecule has 1 saturated heterocycles. The highest BCUT2D eigenvalue weighted by atomic mass is 127. The average molecular weight is 528 g/mol. The summed E-state index contributed by atoms with van der Waals surface area (Å²) in [7, 11) is 1.78.